The van der Waals surface area contributed by atoms with Gasteiger partial charge >= 0.3 is 0 Å². The van der Waals surface area contributed by atoms with Crippen LogP contribution in [-0.4, -0.2) is 6.26 Å². The predicted molar refractivity (Wildman–Crippen MR) is 128 cm³/mol. The molecular weight excluding hydrogens is 356 g/mol. The Balaban J connectivity index is 0.00000109. The van der Waals surface area contributed by atoms with Gasteiger partial charge in [-0.3, -0.25) is 0 Å². The molecule has 144 valence electrons. The first kappa shape index (κ1) is 20.5. The van der Waals surface area contributed by atoms with Gasteiger partial charge < -0.3 is 0 Å². The minimum atomic E-state index is -0.194. The average molecular weight is 387 g/mol. The molecule has 1 heteroatoms. The van der Waals surface area contributed by atoms with Gasteiger partial charge in [0.1, 0.15) is 0 Å². The molecule has 0 radical (unpaired) electrons. The molecule has 3 aliphatic rings. The maximum Gasteiger partial charge on any atom is 0.0690 e. The molecule has 0 aliphatic heterocycles. The van der Waals surface area contributed by atoms with E-state index in [0.717, 1.165) is 12.8 Å². The van der Waals surface area contributed by atoms with Crippen LogP contribution in [0.1, 0.15) is 44.7 Å². The minimum absolute atomic E-state index is 0.194. The smallest absolute Gasteiger partial charge is 0.0690 e. The van der Waals surface area contributed by atoms with Crippen molar-refractivity contribution in [3.63, 3.8) is 0 Å². The third-order valence-electron chi connectivity index (χ3n) is 5.87. The highest BCUT2D eigenvalue weighted by Gasteiger charge is 2.53. The number of allylic oxidation sites excluding steroid dienone is 11. The molecule has 0 fully saturated rings. The van der Waals surface area contributed by atoms with Gasteiger partial charge in [-0.15, -0.1) is 11.8 Å². The van der Waals surface area contributed by atoms with Crippen LogP contribution in [0.2, 0.25) is 0 Å². The lowest BCUT2D eigenvalue weighted by Crippen LogP contribution is -2.28. The zero-order chi connectivity index (χ0) is 20.3. The van der Waals surface area contributed by atoms with Gasteiger partial charge in [0.05, 0.1) is 5.41 Å². The van der Waals surface area contributed by atoms with E-state index in [4.69, 9.17) is 0 Å². The lowest BCUT2D eigenvalue weighted by Gasteiger charge is -2.34. The molecule has 1 unspecified atom stereocenters. The Morgan fingerprint density at radius 3 is 2.64 bits per heavy atom. The highest BCUT2D eigenvalue weighted by Crippen LogP contribution is 2.63. The van der Waals surface area contributed by atoms with E-state index in [9.17, 15) is 0 Å². The van der Waals surface area contributed by atoms with Crippen molar-refractivity contribution in [3.05, 3.63) is 112 Å². The first-order valence-corrected chi connectivity index (χ1v) is 11.4. The van der Waals surface area contributed by atoms with Crippen LogP contribution in [0.15, 0.2) is 101 Å². The van der Waals surface area contributed by atoms with Gasteiger partial charge in [-0.05, 0) is 76.0 Å². The van der Waals surface area contributed by atoms with Crippen molar-refractivity contribution in [2.24, 2.45) is 0 Å². The van der Waals surface area contributed by atoms with Gasteiger partial charge in [0.25, 0.3) is 0 Å². The summed E-state index contributed by atoms with van der Waals surface area (Å²) in [5, 5.41) is 2.31. The van der Waals surface area contributed by atoms with E-state index in [1.54, 1.807) is 11.8 Å². The predicted octanol–water partition coefficient (Wildman–Crippen LogP) is 7.94. The molecule has 0 heterocycles. The normalized spacial score (nSPS) is 24.1. The van der Waals surface area contributed by atoms with Crippen molar-refractivity contribution < 1.29 is 0 Å². The first-order valence-electron chi connectivity index (χ1n) is 10.1. The summed E-state index contributed by atoms with van der Waals surface area (Å²) >= 11 is 1.77. The summed E-state index contributed by atoms with van der Waals surface area (Å²) in [6.45, 7) is 14.6. The zero-order valence-electron chi connectivity index (χ0n) is 17.5. The third kappa shape index (κ3) is 2.76. The monoisotopic (exact) mass is 386 g/mol. The van der Waals surface area contributed by atoms with Crippen LogP contribution < -0.4 is 0 Å². The van der Waals surface area contributed by atoms with Crippen molar-refractivity contribution >= 4 is 17.3 Å². The van der Waals surface area contributed by atoms with Crippen LogP contribution in [0.25, 0.3) is 5.57 Å². The quantitative estimate of drug-likeness (QED) is 0.475. The molecule has 0 aromatic heterocycles. The van der Waals surface area contributed by atoms with Crippen molar-refractivity contribution in [2.75, 3.05) is 6.26 Å². The molecule has 1 atom stereocenters. The Morgan fingerprint density at radius 1 is 1.18 bits per heavy atom. The molecule has 0 saturated carbocycles. The molecule has 1 aromatic carbocycles. The fraction of sp³-hybridized carbons (Fsp3) is 0.259. The largest absolute Gasteiger partial charge is 0.137 e. The molecular formula is C27H30S. The Morgan fingerprint density at radius 2 is 1.93 bits per heavy atom. The maximum absolute atomic E-state index is 4.48. The second kappa shape index (κ2) is 8.41. The zero-order valence-corrected chi connectivity index (χ0v) is 18.3. The summed E-state index contributed by atoms with van der Waals surface area (Å²) in [5.41, 5.74) is 10.7. The summed E-state index contributed by atoms with van der Waals surface area (Å²) in [7, 11) is 0. The number of rotatable bonds is 3. The summed E-state index contributed by atoms with van der Waals surface area (Å²) in [4.78, 5) is 0. The fourth-order valence-corrected chi connectivity index (χ4v) is 5.39. The van der Waals surface area contributed by atoms with Crippen molar-refractivity contribution in [3.8, 4) is 0 Å². The summed E-state index contributed by atoms with van der Waals surface area (Å²) < 4.78 is 0. The van der Waals surface area contributed by atoms with Gasteiger partial charge in [-0.25, -0.2) is 0 Å². The molecule has 4 rings (SSSR count). The van der Waals surface area contributed by atoms with Crippen molar-refractivity contribution in [1.29, 1.82) is 0 Å². The number of fused-ring (bicyclic) bond motifs is 4. The molecule has 0 N–H and O–H groups in total. The fourth-order valence-electron chi connectivity index (χ4n) is 4.84. The molecule has 1 spiro atoms. The lowest BCUT2D eigenvalue weighted by atomic mass is 9.67. The SMILES string of the molecule is C=C/C=C\C1=C(C)C(=C)/C(=C\SC)C12C1=C(C=CCC1)c1ccccc12.CC. The number of thioether (sulfide) groups is 1. The van der Waals surface area contributed by atoms with E-state index in [2.05, 4.69) is 80.3 Å². The van der Waals surface area contributed by atoms with E-state index in [1.807, 2.05) is 19.9 Å². The standard InChI is InChI=1S/C25H24S.C2H6/c1-5-6-13-21-17(2)18(3)24(16-26-4)25(21)22-14-9-7-11-19(22)20-12-8-10-15-23(20)25;1-2/h5-9,11-14,16H,1,3,10,15H2,2,4H3;1-2H3/b13-6-,24-16+;. The van der Waals surface area contributed by atoms with Crippen molar-refractivity contribution in [2.45, 2.75) is 39.0 Å². The van der Waals surface area contributed by atoms with E-state index < -0.39 is 0 Å². The second-order valence-corrected chi connectivity index (χ2v) is 7.72. The third-order valence-corrected chi connectivity index (χ3v) is 6.34. The summed E-state index contributed by atoms with van der Waals surface area (Å²) in [5.74, 6) is 0. The van der Waals surface area contributed by atoms with Gasteiger partial charge in [0.2, 0.25) is 0 Å². The van der Waals surface area contributed by atoms with Crippen LogP contribution in [0, 0.1) is 0 Å². The van der Waals surface area contributed by atoms with Crippen LogP contribution >= 0.6 is 11.8 Å². The highest BCUT2D eigenvalue weighted by atomic mass is 32.2. The Hall–Kier alpha value is -2.25. The van der Waals surface area contributed by atoms with Crippen LogP contribution in [0.3, 0.4) is 0 Å². The molecule has 1 aromatic rings. The van der Waals surface area contributed by atoms with Crippen molar-refractivity contribution in [1.82, 2.24) is 0 Å². The van der Waals surface area contributed by atoms with E-state index >= 15 is 0 Å². The molecule has 0 bridgehead atoms. The van der Waals surface area contributed by atoms with Crippen LogP contribution in [-0.2, 0) is 5.41 Å². The molecule has 0 saturated heterocycles. The lowest BCUT2D eigenvalue weighted by molar-refractivity contribution is 0.707. The molecule has 28 heavy (non-hydrogen) atoms. The second-order valence-electron chi connectivity index (χ2n) is 7.01. The topological polar surface area (TPSA) is 0 Å². The van der Waals surface area contributed by atoms with Crippen LogP contribution in [0.4, 0.5) is 0 Å². The highest BCUT2D eigenvalue weighted by molar-refractivity contribution is 8.01. The average Bonchev–Trinajstić information content (AvgIpc) is 3.15. The van der Waals surface area contributed by atoms with Crippen LogP contribution in [0.5, 0.6) is 0 Å². The molecule has 0 amide bonds. The van der Waals surface area contributed by atoms with E-state index in [1.165, 1.54) is 44.6 Å². The van der Waals surface area contributed by atoms with Gasteiger partial charge in [0.15, 0.2) is 0 Å². The van der Waals surface area contributed by atoms with E-state index in [-0.39, 0.29) is 5.41 Å². The minimum Gasteiger partial charge on any atom is -0.137 e. The number of benzene rings is 1. The first-order chi connectivity index (χ1) is 13.7. The van der Waals surface area contributed by atoms with Gasteiger partial charge in [0, 0.05) is 0 Å². The summed E-state index contributed by atoms with van der Waals surface area (Å²) in [6.07, 6.45) is 15.2. The molecule has 0 nitrogen and oxygen atoms in total. The number of hydrogen-bond acceptors (Lipinski definition) is 1. The Kier molecular flexibility index (Phi) is 6.15. The Bertz CT molecular complexity index is 962. The summed E-state index contributed by atoms with van der Waals surface area (Å²) in [6, 6.07) is 8.91. The van der Waals surface area contributed by atoms with Gasteiger partial charge in [-0.2, -0.15) is 0 Å². The van der Waals surface area contributed by atoms with E-state index in [0.29, 0.717) is 0 Å². The maximum atomic E-state index is 4.48. The Labute approximate surface area is 174 Å². The van der Waals surface area contributed by atoms with Gasteiger partial charge in [-0.1, -0.05) is 81.7 Å². The number of hydrogen-bond donors (Lipinski definition) is 0. The molecule has 3 aliphatic carbocycles.